The second-order valence-corrected chi connectivity index (χ2v) is 17.1. The maximum absolute atomic E-state index is 4.60. The van der Waals surface area contributed by atoms with Gasteiger partial charge in [-0.1, -0.05) is 97.1 Å². The molecule has 0 saturated carbocycles. The van der Waals surface area contributed by atoms with Crippen LogP contribution in [0.25, 0.3) is 32.3 Å². The zero-order valence-corrected chi connectivity index (χ0v) is 38.0. The summed E-state index contributed by atoms with van der Waals surface area (Å²) < 4.78 is 8.29. The number of imidazole rings is 4. The first kappa shape index (κ1) is 40.4. The van der Waals surface area contributed by atoms with Gasteiger partial charge >= 0.3 is 0 Å². The summed E-state index contributed by atoms with van der Waals surface area (Å²) in [4.78, 5) is 18.4. The number of hydrogen-bond donors (Lipinski definition) is 0. The van der Waals surface area contributed by atoms with Crippen LogP contribution in [0.3, 0.4) is 0 Å². The molecule has 0 N–H and O–H groups in total. The molecule has 8 aromatic carbocycles. The molecule has 330 valence electrons. The van der Waals surface area contributed by atoms with Crippen LogP contribution in [0, 0.1) is 27.7 Å². The van der Waals surface area contributed by atoms with E-state index in [0.717, 1.165) is 100 Å². The lowest BCUT2D eigenvalue weighted by Crippen LogP contribution is -2.27. The predicted octanol–water partition coefficient (Wildman–Crippen LogP) is 13.0. The van der Waals surface area contributed by atoms with Gasteiger partial charge in [0.2, 0.25) is 0 Å². The Balaban J connectivity index is 1.29. The van der Waals surface area contributed by atoms with E-state index in [1.54, 1.807) is 0 Å². The Kier molecular flexibility index (Phi) is 9.72. The number of anilines is 8. The fourth-order valence-electron chi connectivity index (χ4n) is 9.82. The highest BCUT2D eigenvalue weighted by Gasteiger charge is 2.30. The smallest absolute Gasteiger partial charge is 0.115 e. The number of hydrogen-bond acceptors (Lipinski definition) is 8. The number of rotatable bonds is 12. The molecule has 12 nitrogen and oxygen atoms in total. The van der Waals surface area contributed by atoms with Crippen molar-refractivity contribution >= 4 is 77.8 Å². The van der Waals surface area contributed by atoms with Crippen LogP contribution in [-0.4, -0.2) is 38.6 Å². The zero-order valence-electron chi connectivity index (χ0n) is 38.0. The number of aryl methyl sites for hydroxylation is 4. The zero-order chi connectivity index (χ0) is 45.9. The average Bonchev–Trinajstić information content (AvgIpc) is 4.23. The minimum absolute atomic E-state index is 0.968. The third-order valence-electron chi connectivity index (χ3n) is 13.0. The summed E-state index contributed by atoms with van der Waals surface area (Å²) in [5, 5.41) is 15.6. The standard InChI is InChI=1S/C56H46N12/c1-39-13-5-9-17-47(39)65(61-29-25-57-35-61)51-33-52(66(62-30-26-58-36-62)48-18-10-6-14-40(48)2)44-23-24-46-54(68(64-32-28-60-38-64)50-20-12-8-16-42(50)4)34-53(45-22-21-43(51)55(44)56(45)46)67(63-31-27-59-37-63)49-19-11-7-15-41(49)3/h5-38H,1-4H3. The molecule has 0 aliphatic heterocycles. The molecule has 12 aromatic rings. The van der Waals surface area contributed by atoms with Gasteiger partial charge in [0.15, 0.2) is 0 Å². The van der Waals surface area contributed by atoms with Crippen molar-refractivity contribution in [2.75, 3.05) is 20.0 Å². The monoisotopic (exact) mass is 886 g/mol. The van der Waals surface area contributed by atoms with Crippen molar-refractivity contribution < 1.29 is 0 Å². The second kappa shape index (κ2) is 16.4. The quantitative estimate of drug-likeness (QED) is 0.112. The number of nitrogens with zero attached hydrogens (tertiary/aromatic N) is 12. The Bertz CT molecular complexity index is 3230. The molecule has 0 spiro atoms. The Labute approximate surface area is 393 Å². The topological polar surface area (TPSA) is 84.2 Å². The minimum Gasteiger partial charge on any atom is -0.248 e. The Morgan fingerprint density at radius 3 is 0.735 bits per heavy atom. The van der Waals surface area contributed by atoms with E-state index in [-0.39, 0.29) is 0 Å². The van der Waals surface area contributed by atoms with Crippen molar-refractivity contribution in [1.82, 2.24) is 38.6 Å². The van der Waals surface area contributed by atoms with E-state index in [9.17, 15) is 0 Å². The van der Waals surface area contributed by atoms with Gasteiger partial charge in [-0.3, -0.25) is 0 Å². The van der Waals surface area contributed by atoms with E-state index in [0.29, 0.717) is 0 Å². The number of para-hydroxylation sites is 4. The van der Waals surface area contributed by atoms with Gasteiger partial charge in [0.1, 0.15) is 25.3 Å². The summed E-state index contributed by atoms with van der Waals surface area (Å²) in [7, 11) is 0. The van der Waals surface area contributed by atoms with Crippen molar-refractivity contribution in [2.24, 2.45) is 0 Å². The lowest BCUT2D eigenvalue weighted by molar-refractivity contribution is 0.803. The lowest BCUT2D eigenvalue weighted by Gasteiger charge is -2.35. The molecule has 0 aliphatic carbocycles. The summed E-state index contributed by atoms with van der Waals surface area (Å²) in [6.07, 6.45) is 22.8. The van der Waals surface area contributed by atoms with Gasteiger partial charge < -0.3 is 0 Å². The van der Waals surface area contributed by atoms with E-state index in [2.05, 4.69) is 220 Å². The van der Waals surface area contributed by atoms with Crippen LogP contribution in [0.1, 0.15) is 22.3 Å². The van der Waals surface area contributed by atoms with Crippen molar-refractivity contribution in [3.8, 4) is 0 Å². The second-order valence-electron chi connectivity index (χ2n) is 17.1. The maximum atomic E-state index is 4.60. The van der Waals surface area contributed by atoms with Gasteiger partial charge in [0.05, 0.1) is 45.5 Å². The molecule has 68 heavy (non-hydrogen) atoms. The van der Waals surface area contributed by atoms with Gasteiger partial charge in [-0.15, -0.1) is 0 Å². The summed E-state index contributed by atoms with van der Waals surface area (Å²) >= 11 is 0. The normalized spacial score (nSPS) is 11.5. The molecule has 4 aromatic heterocycles. The molecule has 12 rings (SSSR count). The number of aromatic nitrogens is 8. The third kappa shape index (κ3) is 6.52. The van der Waals surface area contributed by atoms with Crippen molar-refractivity contribution in [2.45, 2.75) is 27.7 Å². The highest BCUT2D eigenvalue weighted by molar-refractivity contribution is 6.32. The highest BCUT2D eigenvalue weighted by atomic mass is 15.6. The van der Waals surface area contributed by atoms with Gasteiger partial charge in [0, 0.05) is 81.9 Å². The van der Waals surface area contributed by atoms with Gasteiger partial charge in [0.25, 0.3) is 0 Å². The molecule has 0 saturated heterocycles. The lowest BCUT2D eigenvalue weighted by atomic mass is 9.90. The molecule has 0 bridgehead atoms. The van der Waals surface area contributed by atoms with E-state index >= 15 is 0 Å². The molecular formula is C56H46N12. The Morgan fingerprint density at radius 1 is 0.294 bits per heavy atom. The molecule has 0 amide bonds. The van der Waals surface area contributed by atoms with Crippen LogP contribution >= 0.6 is 0 Å². The van der Waals surface area contributed by atoms with Crippen molar-refractivity contribution in [1.29, 1.82) is 0 Å². The SMILES string of the molecule is Cc1ccccc1N(c1cc(N(c2ccccc2C)n2ccnc2)c2ccc3c(N(c4ccccc4C)n4ccnc4)cc(N(c4ccccc4C)n4ccnc4)c4ccc1c2c43)n1ccnc1. The van der Waals surface area contributed by atoms with Crippen LogP contribution in [-0.2, 0) is 0 Å². The molecule has 0 unspecified atom stereocenters. The summed E-state index contributed by atoms with van der Waals surface area (Å²) in [6.45, 7) is 8.64. The molecule has 12 heteroatoms. The van der Waals surface area contributed by atoms with Crippen LogP contribution in [0.5, 0.6) is 0 Å². The van der Waals surface area contributed by atoms with Gasteiger partial charge in [-0.25, -0.2) is 58.7 Å². The minimum atomic E-state index is 0.968. The van der Waals surface area contributed by atoms with E-state index < -0.39 is 0 Å². The van der Waals surface area contributed by atoms with Crippen LogP contribution in [0.15, 0.2) is 208 Å². The van der Waals surface area contributed by atoms with Gasteiger partial charge in [-0.05, 0) is 86.3 Å². The Morgan fingerprint density at radius 2 is 0.529 bits per heavy atom. The molecule has 0 aliphatic rings. The summed E-state index contributed by atoms with van der Waals surface area (Å²) in [5.41, 5.74) is 12.4. The maximum Gasteiger partial charge on any atom is 0.115 e. The molecule has 4 heterocycles. The van der Waals surface area contributed by atoms with Crippen LogP contribution in [0.4, 0.5) is 45.5 Å². The molecule has 0 atom stereocenters. The first-order valence-corrected chi connectivity index (χ1v) is 22.6. The largest absolute Gasteiger partial charge is 0.248 e. The molecular weight excluding hydrogens is 841 g/mol. The van der Waals surface area contributed by atoms with Gasteiger partial charge in [-0.2, -0.15) is 0 Å². The fraction of sp³-hybridized carbons (Fsp3) is 0.0714. The van der Waals surface area contributed by atoms with Crippen molar-refractivity contribution in [3.05, 3.63) is 231 Å². The van der Waals surface area contributed by atoms with E-state index in [1.165, 1.54) is 0 Å². The molecule has 0 fully saturated rings. The summed E-state index contributed by atoms with van der Waals surface area (Å²) in [6, 6.07) is 47.9. The van der Waals surface area contributed by atoms with Crippen LogP contribution in [0.2, 0.25) is 0 Å². The van der Waals surface area contributed by atoms with E-state index in [1.807, 2.05) is 74.9 Å². The molecule has 0 radical (unpaired) electrons. The predicted molar refractivity (Wildman–Crippen MR) is 274 cm³/mol. The first-order chi connectivity index (χ1) is 33.4. The number of benzene rings is 8. The average molecular weight is 887 g/mol. The summed E-state index contributed by atoms with van der Waals surface area (Å²) in [5.74, 6) is 0. The van der Waals surface area contributed by atoms with Crippen LogP contribution < -0.4 is 20.0 Å². The van der Waals surface area contributed by atoms with Crippen molar-refractivity contribution in [3.63, 3.8) is 0 Å². The van der Waals surface area contributed by atoms with E-state index in [4.69, 9.17) is 0 Å². The Hall–Kier alpha value is -9.16. The first-order valence-electron chi connectivity index (χ1n) is 22.6. The highest BCUT2D eigenvalue weighted by Crippen LogP contribution is 2.52. The fourth-order valence-corrected chi connectivity index (χ4v) is 9.82. The third-order valence-corrected chi connectivity index (χ3v) is 13.0.